The maximum atomic E-state index is 13.1. The minimum absolute atomic E-state index is 0.0510. The van der Waals surface area contributed by atoms with E-state index in [4.69, 9.17) is 5.73 Å². The highest BCUT2D eigenvalue weighted by atomic mass is 16.2. The van der Waals surface area contributed by atoms with Crippen molar-refractivity contribution in [3.8, 4) is 0 Å². The van der Waals surface area contributed by atoms with E-state index >= 15 is 0 Å². The molecule has 0 aromatic rings. The summed E-state index contributed by atoms with van der Waals surface area (Å²) < 4.78 is 0. The largest absolute Gasteiger partial charge is 0.351 e. The number of amides is 3. The molecule has 130 valence electrons. The van der Waals surface area contributed by atoms with Gasteiger partial charge < -0.3 is 5.73 Å². The van der Waals surface area contributed by atoms with Crippen molar-refractivity contribution in [3.63, 3.8) is 0 Å². The number of hydrogen-bond acceptors (Lipinski definition) is 2. The summed E-state index contributed by atoms with van der Waals surface area (Å²) in [7, 11) is 0. The van der Waals surface area contributed by atoms with Crippen molar-refractivity contribution in [2.24, 2.45) is 28.9 Å². The minimum atomic E-state index is -0.681. The van der Waals surface area contributed by atoms with Crippen LogP contribution < -0.4 is 11.1 Å². The van der Waals surface area contributed by atoms with E-state index < -0.39 is 6.03 Å². The maximum absolute atomic E-state index is 13.1. The molecule has 0 aromatic carbocycles. The Kier molecular flexibility index (Phi) is 5.27. The molecule has 3 amide bonds. The molecule has 0 aromatic heterocycles. The molecule has 0 aliphatic heterocycles. The first-order chi connectivity index (χ1) is 11.1. The summed E-state index contributed by atoms with van der Waals surface area (Å²) in [6.07, 6.45) is 15.8. The van der Waals surface area contributed by atoms with Crippen LogP contribution in [0.1, 0.15) is 83.5 Å². The molecule has 4 nitrogen and oxygen atoms in total. The monoisotopic (exact) mass is 320 g/mol. The molecule has 0 radical (unpaired) electrons. The average molecular weight is 320 g/mol. The van der Waals surface area contributed by atoms with Crippen molar-refractivity contribution in [1.82, 2.24) is 5.32 Å². The second-order valence-electron chi connectivity index (χ2n) is 8.09. The molecular formula is C19H32N2O2. The van der Waals surface area contributed by atoms with Gasteiger partial charge in [-0.1, -0.05) is 57.8 Å². The fourth-order valence-corrected chi connectivity index (χ4v) is 6.07. The summed E-state index contributed by atoms with van der Waals surface area (Å²) in [5.41, 5.74) is 4.98. The minimum Gasteiger partial charge on any atom is -0.351 e. The zero-order valence-electron chi connectivity index (χ0n) is 14.3. The standard InChI is InChI=1S/C19H32N2O2/c20-18(23)21-17(22)19(15-10-5-2-6-11-15)13-7-12-16(19)14-8-3-1-4-9-14/h14-16H,1-13H2,(H3,20,21,22,23). The number of primary amides is 1. The fourth-order valence-electron chi connectivity index (χ4n) is 6.07. The van der Waals surface area contributed by atoms with Crippen LogP contribution in [0.3, 0.4) is 0 Å². The Morgan fingerprint density at radius 2 is 1.43 bits per heavy atom. The van der Waals surface area contributed by atoms with Crippen LogP contribution in [-0.2, 0) is 4.79 Å². The quantitative estimate of drug-likeness (QED) is 0.820. The third-order valence-corrected chi connectivity index (χ3v) is 6.98. The summed E-state index contributed by atoms with van der Waals surface area (Å²) in [6, 6.07) is -0.681. The van der Waals surface area contributed by atoms with Crippen LogP contribution in [0.4, 0.5) is 4.79 Å². The molecule has 3 fully saturated rings. The second kappa shape index (κ2) is 7.23. The Hall–Kier alpha value is -1.06. The lowest BCUT2D eigenvalue weighted by atomic mass is 9.58. The fraction of sp³-hybridized carbons (Fsp3) is 0.895. The Morgan fingerprint density at radius 3 is 2.04 bits per heavy atom. The second-order valence-corrected chi connectivity index (χ2v) is 8.09. The predicted octanol–water partition coefficient (Wildman–Crippen LogP) is 4.13. The summed E-state index contributed by atoms with van der Waals surface area (Å²) in [5, 5.41) is 2.49. The van der Waals surface area contributed by atoms with Crippen LogP contribution in [0.25, 0.3) is 0 Å². The molecule has 3 aliphatic rings. The molecule has 2 unspecified atom stereocenters. The van der Waals surface area contributed by atoms with Gasteiger partial charge in [-0.3, -0.25) is 10.1 Å². The van der Waals surface area contributed by atoms with E-state index in [1.54, 1.807) is 0 Å². The zero-order valence-corrected chi connectivity index (χ0v) is 14.3. The van der Waals surface area contributed by atoms with Crippen LogP contribution in [0.15, 0.2) is 0 Å². The van der Waals surface area contributed by atoms with E-state index in [1.165, 1.54) is 51.4 Å². The third kappa shape index (κ3) is 3.27. The molecule has 2 atom stereocenters. The van der Waals surface area contributed by atoms with E-state index in [-0.39, 0.29) is 11.3 Å². The summed E-state index contributed by atoms with van der Waals surface area (Å²) in [5.74, 6) is 1.53. The van der Waals surface area contributed by atoms with Crippen LogP contribution in [-0.4, -0.2) is 11.9 Å². The smallest absolute Gasteiger partial charge is 0.318 e. The van der Waals surface area contributed by atoms with Crippen LogP contribution >= 0.6 is 0 Å². The van der Waals surface area contributed by atoms with Crippen molar-refractivity contribution in [2.45, 2.75) is 83.5 Å². The Labute approximate surface area is 140 Å². The lowest BCUT2D eigenvalue weighted by Gasteiger charge is -2.46. The number of nitrogens with two attached hydrogens (primary N) is 1. The predicted molar refractivity (Wildman–Crippen MR) is 90.7 cm³/mol. The van der Waals surface area contributed by atoms with Crippen molar-refractivity contribution in [2.75, 3.05) is 0 Å². The Morgan fingerprint density at radius 1 is 0.826 bits per heavy atom. The van der Waals surface area contributed by atoms with Gasteiger partial charge in [-0.15, -0.1) is 0 Å². The number of rotatable bonds is 3. The zero-order chi connectivity index (χ0) is 16.3. The molecule has 3 aliphatic carbocycles. The van der Waals surface area contributed by atoms with Gasteiger partial charge >= 0.3 is 6.03 Å². The molecule has 0 bridgehead atoms. The summed E-state index contributed by atoms with van der Waals surface area (Å²) >= 11 is 0. The number of hydrogen-bond donors (Lipinski definition) is 2. The number of urea groups is 1. The van der Waals surface area contributed by atoms with E-state index in [1.807, 2.05) is 0 Å². The third-order valence-electron chi connectivity index (χ3n) is 6.98. The number of carbonyl (C=O) groups excluding carboxylic acids is 2. The van der Waals surface area contributed by atoms with E-state index in [0.717, 1.165) is 32.1 Å². The first-order valence-corrected chi connectivity index (χ1v) is 9.75. The number of imide groups is 1. The van der Waals surface area contributed by atoms with Gasteiger partial charge in [0.15, 0.2) is 0 Å². The van der Waals surface area contributed by atoms with Crippen LogP contribution in [0.5, 0.6) is 0 Å². The topological polar surface area (TPSA) is 72.2 Å². The van der Waals surface area contributed by atoms with Gasteiger partial charge in [0.05, 0.1) is 5.41 Å². The van der Waals surface area contributed by atoms with Gasteiger partial charge in [-0.25, -0.2) is 4.79 Å². The Bertz CT molecular complexity index is 439. The number of carbonyl (C=O) groups is 2. The van der Waals surface area contributed by atoms with E-state index in [2.05, 4.69) is 5.32 Å². The molecule has 0 saturated heterocycles. The number of nitrogens with one attached hydrogen (secondary N) is 1. The van der Waals surface area contributed by atoms with Gasteiger partial charge in [0, 0.05) is 0 Å². The molecular weight excluding hydrogens is 288 g/mol. The summed E-state index contributed by atoms with van der Waals surface area (Å²) in [6.45, 7) is 0. The van der Waals surface area contributed by atoms with E-state index in [9.17, 15) is 9.59 Å². The van der Waals surface area contributed by atoms with Crippen molar-refractivity contribution in [1.29, 1.82) is 0 Å². The molecule has 3 saturated carbocycles. The SMILES string of the molecule is NC(=O)NC(=O)C1(C2CCCCC2)CCCC1C1CCCCC1. The molecule has 3 N–H and O–H groups in total. The lowest BCUT2D eigenvalue weighted by molar-refractivity contribution is -0.139. The van der Waals surface area contributed by atoms with Gasteiger partial charge in [-0.05, 0) is 43.4 Å². The van der Waals surface area contributed by atoms with Gasteiger partial charge in [0.25, 0.3) is 0 Å². The molecule has 0 spiro atoms. The average Bonchev–Trinajstić information content (AvgIpc) is 3.02. The normalized spacial score (nSPS) is 33.5. The van der Waals surface area contributed by atoms with Crippen molar-refractivity contribution >= 4 is 11.9 Å². The van der Waals surface area contributed by atoms with Crippen molar-refractivity contribution in [3.05, 3.63) is 0 Å². The van der Waals surface area contributed by atoms with Crippen LogP contribution in [0.2, 0.25) is 0 Å². The first-order valence-electron chi connectivity index (χ1n) is 9.75. The summed E-state index contributed by atoms with van der Waals surface area (Å²) in [4.78, 5) is 24.5. The van der Waals surface area contributed by atoms with Gasteiger partial charge in [0.2, 0.25) is 5.91 Å². The highest BCUT2D eigenvalue weighted by Gasteiger charge is 2.55. The lowest BCUT2D eigenvalue weighted by Crippen LogP contribution is -2.53. The van der Waals surface area contributed by atoms with Crippen LogP contribution in [0, 0.1) is 23.2 Å². The maximum Gasteiger partial charge on any atom is 0.318 e. The molecule has 0 heterocycles. The Balaban J connectivity index is 1.88. The first kappa shape index (κ1) is 16.8. The molecule has 3 rings (SSSR count). The highest BCUT2D eigenvalue weighted by Crippen LogP contribution is 2.57. The van der Waals surface area contributed by atoms with E-state index in [0.29, 0.717) is 17.8 Å². The highest BCUT2D eigenvalue weighted by molar-refractivity contribution is 5.97. The van der Waals surface area contributed by atoms with Gasteiger partial charge in [-0.2, -0.15) is 0 Å². The van der Waals surface area contributed by atoms with Crippen molar-refractivity contribution < 1.29 is 9.59 Å². The molecule has 23 heavy (non-hydrogen) atoms. The van der Waals surface area contributed by atoms with Gasteiger partial charge in [0.1, 0.15) is 0 Å². The molecule has 4 heteroatoms.